The van der Waals surface area contributed by atoms with Crippen molar-refractivity contribution in [3.8, 4) is 5.75 Å². The van der Waals surface area contributed by atoms with E-state index in [4.69, 9.17) is 9.47 Å². The lowest BCUT2D eigenvalue weighted by molar-refractivity contribution is -0.119. The van der Waals surface area contributed by atoms with E-state index in [9.17, 15) is 23.2 Å². The van der Waals surface area contributed by atoms with Crippen LogP contribution in [-0.4, -0.2) is 84.2 Å². The summed E-state index contributed by atoms with van der Waals surface area (Å²) in [6.45, 7) is 2.30. The van der Waals surface area contributed by atoms with Gasteiger partial charge in [-0.25, -0.2) is 18.0 Å². The molecule has 41 heavy (non-hydrogen) atoms. The summed E-state index contributed by atoms with van der Waals surface area (Å²) in [6.07, 6.45) is 0.108. The molecule has 0 unspecified atom stereocenters. The minimum Gasteiger partial charge on any atom is -0.482 e. The SMILES string of the molecule is O=CN1CCC(n2c(=O)n(Cc3ccc(CN4CCOCC4)cc3)c(=O)c3cc(OC(CF)CF)c(F)cc32)CC1. The maximum atomic E-state index is 15.1. The fourth-order valence-corrected chi connectivity index (χ4v) is 5.44. The van der Waals surface area contributed by atoms with Crippen LogP contribution in [0.25, 0.3) is 10.9 Å². The number of ether oxygens (including phenoxy) is 2. The number of hydrogen-bond donors (Lipinski definition) is 0. The van der Waals surface area contributed by atoms with Gasteiger partial charge in [-0.05, 0) is 30.0 Å². The van der Waals surface area contributed by atoms with Gasteiger partial charge in [0.1, 0.15) is 13.3 Å². The number of carbonyl (C=O) groups is 1. The van der Waals surface area contributed by atoms with Gasteiger partial charge in [-0.3, -0.25) is 23.6 Å². The summed E-state index contributed by atoms with van der Waals surface area (Å²) in [4.78, 5) is 42.6. The number of halogens is 3. The second-order valence-electron chi connectivity index (χ2n) is 10.5. The number of aromatic nitrogens is 2. The molecule has 12 heteroatoms. The van der Waals surface area contributed by atoms with Gasteiger partial charge in [-0.15, -0.1) is 0 Å². The van der Waals surface area contributed by atoms with E-state index in [-0.39, 0.29) is 23.5 Å². The maximum absolute atomic E-state index is 15.1. The Kier molecular flexibility index (Phi) is 9.09. The zero-order chi connectivity index (χ0) is 28.9. The first kappa shape index (κ1) is 28.9. The van der Waals surface area contributed by atoms with E-state index in [1.807, 2.05) is 24.3 Å². The van der Waals surface area contributed by atoms with Gasteiger partial charge in [-0.1, -0.05) is 24.3 Å². The van der Waals surface area contributed by atoms with Crippen LogP contribution in [0.15, 0.2) is 46.0 Å². The van der Waals surface area contributed by atoms with Crippen molar-refractivity contribution < 1.29 is 27.4 Å². The van der Waals surface area contributed by atoms with E-state index in [1.54, 1.807) is 4.90 Å². The molecule has 3 heterocycles. The van der Waals surface area contributed by atoms with Crippen LogP contribution in [0.4, 0.5) is 13.2 Å². The molecule has 1 amide bonds. The Labute approximate surface area is 234 Å². The molecule has 0 spiro atoms. The Morgan fingerprint density at radius 2 is 1.59 bits per heavy atom. The van der Waals surface area contributed by atoms with Crippen LogP contribution in [0.1, 0.15) is 30.0 Å². The average Bonchev–Trinajstić information content (AvgIpc) is 3.00. The number of hydrogen-bond acceptors (Lipinski definition) is 6. The van der Waals surface area contributed by atoms with Crippen molar-refractivity contribution >= 4 is 17.3 Å². The summed E-state index contributed by atoms with van der Waals surface area (Å²) in [5.74, 6) is -1.40. The fraction of sp³-hybridized carbons (Fsp3) is 0.483. The van der Waals surface area contributed by atoms with Crippen LogP contribution in [0.2, 0.25) is 0 Å². The second kappa shape index (κ2) is 12.9. The van der Waals surface area contributed by atoms with Crippen LogP contribution in [0.5, 0.6) is 5.75 Å². The molecule has 2 saturated heterocycles. The number of alkyl halides is 2. The van der Waals surface area contributed by atoms with E-state index >= 15 is 4.39 Å². The minimum atomic E-state index is -1.52. The molecular formula is C29H33F3N4O5. The standard InChI is InChI=1S/C29H33F3N4O5/c30-15-23(16-31)41-27-13-24-26(14-25(27)32)36(22-5-7-34(19-37)8-6-22)29(39)35(28(24)38)18-21-3-1-20(2-4-21)17-33-9-11-40-12-10-33/h1-4,13-14,19,22-23H,5-12,15-18H2. The van der Waals surface area contributed by atoms with Crippen LogP contribution in [0, 0.1) is 5.82 Å². The maximum Gasteiger partial charge on any atom is 0.332 e. The summed E-state index contributed by atoms with van der Waals surface area (Å²) in [6, 6.07) is 9.39. The molecule has 0 radical (unpaired) electrons. The molecule has 0 bridgehead atoms. The first-order valence-corrected chi connectivity index (χ1v) is 13.8. The van der Waals surface area contributed by atoms with Crippen molar-refractivity contribution in [2.75, 3.05) is 52.7 Å². The van der Waals surface area contributed by atoms with E-state index in [2.05, 4.69) is 4.90 Å². The smallest absolute Gasteiger partial charge is 0.332 e. The van der Waals surface area contributed by atoms with Crippen molar-refractivity contribution in [3.63, 3.8) is 0 Å². The molecule has 0 atom stereocenters. The predicted molar refractivity (Wildman–Crippen MR) is 146 cm³/mol. The number of carbonyl (C=O) groups excluding carboxylic acids is 1. The van der Waals surface area contributed by atoms with Crippen molar-refractivity contribution in [2.24, 2.45) is 0 Å². The van der Waals surface area contributed by atoms with Crippen LogP contribution in [-0.2, 0) is 22.6 Å². The number of piperidine rings is 1. The molecule has 0 aliphatic carbocycles. The van der Waals surface area contributed by atoms with Gasteiger partial charge in [0.2, 0.25) is 6.41 Å². The lowest BCUT2D eigenvalue weighted by atomic mass is 10.0. The third-order valence-electron chi connectivity index (χ3n) is 7.75. The fourth-order valence-electron chi connectivity index (χ4n) is 5.44. The highest BCUT2D eigenvalue weighted by molar-refractivity contribution is 5.80. The molecule has 3 aromatic rings. The monoisotopic (exact) mass is 574 g/mol. The summed E-state index contributed by atoms with van der Waals surface area (Å²) in [5, 5.41) is -0.000721. The highest BCUT2D eigenvalue weighted by Gasteiger charge is 2.26. The van der Waals surface area contributed by atoms with Gasteiger partial charge >= 0.3 is 5.69 Å². The number of benzene rings is 2. The average molecular weight is 575 g/mol. The van der Waals surface area contributed by atoms with Crippen molar-refractivity contribution in [1.82, 2.24) is 18.9 Å². The second-order valence-corrected chi connectivity index (χ2v) is 10.5. The number of rotatable bonds is 10. The molecule has 2 aromatic carbocycles. The summed E-state index contributed by atoms with van der Waals surface area (Å²) < 4.78 is 54.4. The lowest BCUT2D eigenvalue weighted by Crippen LogP contribution is -2.44. The number of amides is 1. The van der Waals surface area contributed by atoms with E-state index in [0.29, 0.717) is 39.1 Å². The molecule has 2 aliphatic rings. The lowest BCUT2D eigenvalue weighted by Gasteiger charge is -2.31. The van der Waals surface area contributed by atoms with E-state index in [1.165, 1.54) is 4.57 Å². The van der Waals surface area contributed by atoms with Gasteiger partial charge in [0.15, 0.2) is 17.7 Å². The van der Waals surface area contributed by atoms with Crippen LogP contribution >= 0.6 is 0 Å². The van der Waals surface area contributed by atoms with E-state index < -0.39 is 42.3 Å². The largest absolute Gasteiger partial charge is 0.482 e. The molecule has 0 N–H and O–H groups in total. The minimum absolute atomic E-state index is 0.000721. The molecular weight excluding hydrogens is 541 g/mol. The third kappa shape index (κ3) is 6.33. The van der Waals surface area contributed by atoms with Gasteiger partial charge < -0.3 is 14.4 Å². The van der Waals surface area contributed by atoms with Crippen molar-refractivity contribution in [2.45, 2.75) is 38.1 Å². The first-order valence-electron chi connectivity index (χ1n) is 13.8. The van der Waals surface area contributed by atoms with E-state index in [0.717, 1.165) is 53.9 Å². The summed E-state index contributed by atoms with van der Waals surface area (Å²) in [5.41, 5.74) is 0.635. The van der Waals surface area contributed by atoms with Gasteiger partial charge in [-0.2, -0.15) is 0 Å². The molecule has 5 rings (SSSR count). The number of fused-ring (bicyclic) bond motifs is 1. The third-order valence-corrected chi connectivity index (χ3v) is 7.75. The normalized spacial score (nSPS) is 16.9. The molecule has 1 aromatic heterocycles. The highest BCUT2D eigenvalue weighted by atomic mass is 19.1. The van der Waals surface area contributed by atoms with Crippen molar-refractivity contribution in [3.05, 3.63) is 74.2 Å². The summed E-state index contributed by atoms with van der Waals surface area (Å²) in [7, 11) is 0. The molecule has 2 aliphatic heterocycles. The molecule has 0 saturated carbocycles. The number of morpholine rings is 1. The van der Waals surface area contributed by atoms with Gasteiger partial charge in [0.05, 0.1) is 30.7 Å². The topological polar surface area (TPSA) is 86.0 Å². The first-order chi connectivity index (χ1) is 19.9. The Morgan fingerprint density at radius 3 is 2.20 bits per heavy atom. The Bertz CT molecular complexity index is 1480. The summed E-state index contributed by atoms with van der Waals surface area (Å²) >= 11 is 0. The molecule has 2 fully saturated rings. The quantitative estimate of drug-likeness (QED) is 0.346. The van der Waals surface area contributed by atoms with Gasteiger partial charge in [0.25, 0.3) is 5.56 Å². The van der Waals surface area contributed by atoms with Crippen LogP contribution < -0.4 is 16.0 Å². The zero-order valence-corrected chi connectivity index (χ0v) is 22.6. The van der Waals surface area contributed by atoms with Crippen LogP contribution in [0.3, 0.4) is 0 Å². The Morgan fingerprint density at radius 1 is 0.951 bits per heavy atom. The molecule has 220 valence electrons. The Hall–Kier alpha value is -3.64. The zero-order valence-electron chi connectivity index (χ0n) is 22.6. The number of nitrogens with zero attached hydrogens (tertiary/aromatic N) is 4. The molecule has 9 nitrogen and oxygen atoms in total. The predicted octanol–water partition coefficient (Wildman–Crippen LogP) is 2.66. The Balaban J connectivity index is 1.53. The van der Waals surface area contributed by atoms with Gasteiger partial charge in [0, 0.05) is 44.8 Å². The number of likely N-dealkylation sites (tertiary alicyclic amines) is 1. The highest BCUT2D eigenvalue weighted by Crippen LogP contribution is 2.28. The van der Waals surface area contributed by atoms with Crippen molar-refractivity contribution in [1.29, 1.82) is 0 Å².